The minimum atomic E-state index is -0.503. The summed E-state index contributed by atoms with van der Waals surface area (Å²) in [5, 5.41) is 5.61. The first-order valence-corrected chi connectivity index (χ1v) is 10.9. The summed E-state index contributed by atoms with van der Waals surface area (Å²) in [4.78, 5) is 24.7. The second kappa shape index (κ2) is 9.75. The largest absolute Gasteiger partial charge is 0.445 e. The number of rotatable bonds is 7. The Morgan fingerprint density at radius 1 is 1.03 bits per heavy atom. The molecule has 6 N–H and O–H groups in total. The maximum atomic E-state index is 12.5. The Hall–Kier alpha value is -3.84. The number of nitrogens with two attached hydrogens (primary N) is 2. The van der Waals surface area contributed by atoms with Crippen molar-refractivity contribution in [3.05, 3.63) is 95.1 Å². The molecule has 0 saturated heterocycles. The third-order valence-corrected chi connectivity index (χ3v) is 5.83. The lowest BCUT2D eigenvalue weighted by molar-refractivity contribution is 0.102. The Bertz CT molecular complexity index is 1130. The van der Waals surface area contributed by atoms with Gasteiger partial charge in [-0.15, -0.1) is 0 Å². The highest BCUT2D eigenvalue weighted by Gasteiger charge is 2.34. The Morgan fingerprint density at radius 2 is 1.70 bits per heavy atom. The van der Waals surface area contributed by atoms with Crippen LogP contribution in [0.15, 0.2) is 72.8 Å². The maximum absolute atomic E-state index is 12.5. The molecule has 1 saturated carbocycles. The molecule has 3 atom stereocenters. The van der Waals surface area contributed by atoms with Gasteiger partial charge in [0.2, 0.25) is 0 Å². The van der Waals surface area contributed by atoms with Gasteiger partial charge in [0, 0.05) is 17.5 Å². The van der Waals surface area contributed by atoms with Gasteiger partial charge < -0.3 is 26.8 Å². The monoisotopic (exact) mass is 444 g/mol. The lowest BCUT2D eigenvalue weighted by Gasteiger charge is -2.15. The molecule has 1 fully saturated rings. The first kappa shape index (κ1) is 22.4. The van der Waals surface area contributed by atoms with E-state index in [0.29, 0.717) is 22.9 Å². The fourth-order valence-electron chi connectivity index (χ4n) is 3.64. The number of hydrogen-bond acceptors (Lipinski definition) is 5. The molecule has 170 valence electrons. The summed E-state index contributed by atoms with van der Waals surface area (Å²) in [6.45, 7) is 2.05. The zero-order valence-electron chi connectivity index (χ0n) is 18.5. The van der Waals surface area contributed by atoms with Crippen LogP contribution >= 0.6 is 0 Å². The molecule has 0 spiro atoms. The summed E-state index contributed by atoms with van der Waals surface area (Å²) < 4.78 is 5.35. The van der Waals surface area contributed by atoms with E-state index in [4.69, 9.17) is 16.2 Å². The normalized spacial score (nSPS) is 17.6. The second-order valence-electron chi connectivity index (χ2n) is 8.35. The molecule has 0 aromatic heterocycles. The molecule has 0 bridgehead atoms. The number of alkyl carbamates (subject to hydrolysis) is 1. The van der Waals surface area contributed by atoms with Crippen molar-refractivity contribution >= 4 is 23.4 Å². The van der Waals surface area contributed by atoms with E-state index in [1.54, 1.807) is 48.5 Å². The van der Waals surface area contributed by atoms with Gasteiger partial charge in [-0.2, -0.15) is 0 Å². The smallest absolute Gasteiger partial charge is 0.407 e. The van der Waals surface area contributed by atoms with Crippen molar-refractivity contribution in [2.75, 3.05) is 11.1 Å². The first-order chi connectivity index (χ1) is 15.9. The number of benzene rings is 3. The molecule has 33 heavy (non-hydrogen) atoms. The van der Waals surface area contributed by atoms with Crippen LogP contribution in [0.5, 0.6) is 0 Å². The first-order valence-electron chi connectivity index (χ1n) is 10.9. The van der Waals surface area contributed by atoms with Crippen LogP contribution in [0.3, 0.4) is 0 Å². The summed E-state index contributed by atoms with van der Waals surface area (Å²) in [6, 6.07) is 22.1. The van der Waals surface area contributed by atoms with Gasteiger partial charge in [0.05, 0.1) is 17.4 Å². The lowest BCUT2D eigenvalue weighted by atomic mass is 10.1. The number of carbonyl (C=O) groups is 2. The van der Waals surface area contributed by atoms with E-state index in [-0.39, 0.29) is 24.6 Å². The molecule has 0 heterocycles. The quantitative estimate of drug-likeness (QED) is 0.405. The highest BCUT2D eigenvalue weighted by atomic mass is 16.5. The standard InChI is InChI=1S/C26H28N4O3/c1-16(29-26(32)33-15-17-6-8-19(9-7-17)21-14-23(21)28)18-10-12-20(13-11-18)25(31)30-24-5-3-2-4-22(24)27/h2-13,16,21,23H,14-15,27-28H2,1H3,(H,29,32)(H,30,31). The Morgan fingerprint density at radius 3 is 2.33 bits per heavy atom. The van der Waals surface area contributed by atoms with Gasteiger partial charge in [-0.3, -0.25) is 4.79 Å². The molecule has 0 aliphatic heterocycles. The van der Waals surface area contributed by atoms with Crippen molar-refractivity contribution in [1.82, 2.24) is 5.32 Å². The predicted octanol–water partition coefficient (Wildman–Crippen LogP) is 4.32. The van der Waals surface area contributed by atoms with Gasteiger partial charge in [0.15, 0.2) is 0 Å². The van der Waals surface area contributed by atoms with E-state index in [9.17, 15) is 9.59 Å². The SMILES string of the molecule is CC(NC(=O)OCc1ccc(C2CC2N)cc1)c1ccc(C(=O)Nc2ccccc2N)cc1. The molecule has 2 amide bonds. The number of ether oxygens (including phenoxy) is 1. The van der Waals surface area contributed by atoms with Crippen LogP contribution in [0, 0.1) is 0 Å². The summed E-state index contributed by atoms with van der Waals surface area (Å²) >= 11 is 0. The molecule has 3 unspecified atom stereocenters. The molecule has 7 heteroatoms. The minimum absolute atomic E-state index is 0.192. The van der Waals surface area contributed by atoms with Crippen molar-refractivity contribution in [3.8, 4) is 0 Å². The summed E-state index contributed by atoms with van der Waals surface area (Å²) in [5.41, 5.74) is 16.3. The highest BCUT2D eigenvalue weighted by molar-refractivity contribution is 6.05. The van der Waals surface area contributed by atoms with E-state index in [2.05, 4.69) is 10.6 Å². The van der Waals surface area contributed by atoms with Crippen molar-refractivity contribution in [1.29, 1.82) is 0 Å². The third-order valence-electron chi connectivity index (χ3n) is 5.83. The predicted molar refractivity (Wildman–Crippen MR) is 129 cm³/mol. The van der Waals surface area contributed by atoms with Gasteiger partial charge in [-0.1, -0.05) is 48.5 Å². The Kier molecular flexibility index (Phi) is 6.60. The molecule has 3 aromatic carbocycles. The zero-order chi connectivity index (χ0) is 23.4. The van der Waals surface area contributed by atoms with E-state index < -0.39 is 6.09 Å². The molecule has 1 aliphatic rings. The molecule has 4 rings (SSSR count). The number of anilines is 2. The zero-order valence-corrected chi connectivity index (χ0v) is 18.5. The lowest BCUT2D eigenvalue weighted by Crippen LogP contribution is -2.27. The van der Waals surface area contributed by atoms with Crippen LogP contribution in [-0.2, 0) is 11.3 Å². The number of amides is 2. The van der Waals surface area contributed by atoms with Crippen LogP contribution in [0.1, 0.15) is 52.4 Å². The van der Waals surface area contributed by atoms with Gasteiger partial charge >= 0.3 is 6.09 Å². The third kappa shape index (κ3) is 5.70. The molecular formula is C26H28N4O3. The van der Waals surface area contributed by atoms with Crippen LogP contribution in [0.2, 0.25) is 0 Å². The van der Waals surface area contributed by atoms with E-state index in [1.165, 1.54) is 5.56 Å². The van der Waals surface area contributed by atoms with Crippen molar-refractivity contribution in [2.24, 2.45) is 5.73 Å². The fraction of sp³-hybridized carbons (Fsp3) is 0.231. The van der Waals surface area contributed by atoms with Crippen LogP contribution < -0.4 is 22.1 Å². The number of carbonyl (C=O) groups excluding carboxylic acids is 2. The number of hydrogen-bond donors (Lipinski definition) is 4. The fourth-order valence-corrected chi connectivity index (χ4v) is 3.64. The Labute approximate surface area is 193 Å². The maximum Gasteiger partial charge on any atom is 0.407 e. The van der Waals surface area contributed by atoms with Crippen molar-refractivity contribution in [3.63, 3.8) is 0 Å². The average Bonchev–Trinajstić information content (AvgIpc) is 3.56. The number of nitrogen functional groups attached to an aromatic ring is 1. The minimum Gasteiger partial charge on any atom is -0.445 e. The average molecular weight is 445 g/mol. The Balaban J connectivity index is 1.26. The molecule has 1 aliphatic carbocycles. The van der Waals surface area contributed by atoms with E-state index >= 15 is 0 Å². The topological polar surface area (TPSA) is 119 Å². The summed E-state index contributed by atoms with van der Waals surface area (Å²) in [7, 11) is 0. The van der Waals surface area contributed by atoms with Crippen molar-refractivity contribution < 1.29 is 14.3 Å². The van der Waals surface area contributed by atoms with Gasteiger partial charge in [-0.05, 0) is 54.3 Å². The summed E-state index contributed by atoms with van der Waals surface area (Å²) in [5.74, 6) is 0.201. The molecular weight excluding hydrogens is 416 g/mol. The molecule has 3 aromatic rings. The van der Waals surface area contributed by atoms with Crippen LogP contribution in [0.25, 0.3) is 0 Å². The van der Waals surface area contributed by atoms with Crippen LogP contribution in [0.4, 0.5) is 16.2 Å². The van der Waals surface area contributed by atoms with Gasteiger partial charge in [0.1, 0.15) is 6.61 Å². The summed E-state index contributed by atoms with van der Waals surface area (Å²) in [6.07, 6.45) is 0.529. The van der Waals surface area contributed by atoms with Crippen LogP contribution in [-0.4, -0.2) is 18.0 Å². The molecule has 7 nitrogen and oxygen atoms in total. The highest BCUT2D eigenvalue weighted by Crippen LogP contribution is 2.38. The molecule has 0 radical (unpaired) electrons. The van der Waals surface area contributed by atoms with E-state index in [0.717, 1.165) is 17.5 Å². The number of nitrogens with one attached hydrogen (secondary N) is 2. The van der Waals surface area contributed by atoms with Gasteiger partial charge in [0.25, 0.3) is 5.91 Å². The number of para-hydroxylation sites is 2. The van der Waals surface area contributed by atoms with E-state index in [1.807, 2.05) is 31.2 Å². The van der Waals surface area contributed by atoms with Crippen molar-refractivity contribution in [2.45, 2.75) is 38.0 Å². The second-order valence-corrected chi connectivity index (χ2v) is 8.35. The van der Waals surface area contributed by atoms with Gasteiger partial charge in [-0.25, -0.2) is 4.79 Å².